The van der Waals surface area contributed by atoms with E-state index in [2.05, 4.69) is 15.1 Å². The standard InChI is InChI=1S/C19H14ClN5O2/c20-11-3-1-4-12-14(11)19(26)24-8-2-5-13(24)16-15(21-9-25(12)16)18-22-17(23-27-18)10-6-7-10/h1-5,9-10,13H,6-8H2/t13-/m1/s1. The van der Waals surface area contributed by atoms with E-state index in [-0.39, 0.29) is 11.9 Å². The lowest BCUT2D eigenvalue weighted by Crippen LogP contribution is -2.30. The summed E-state index contributed by atoms with van der Waals surface area (Å²) in [5.41, 5.74) is 2.64. The molecule has 3 aliphatic rings. The predicted molar refractivity (Wildman–Crippen MR) is 96.8 cm³/mol. The number of aromatic nitrogens is 4. The fraction of sp³-hybridized carbons (Fsp3) is 0.263. The Morgan fingerprint density at radius 2 is 2.15 bits per heavy atom. The van der Waals surface area contributed by atoms with Gasteiger partial charge in [-0.2, -0.15) is 4.98 Å². The molecule has 3 aromatic rings. The van der Waals surface area contributed by atoms with Crippen LogP contribution in [0.25, 0.3) is 17.3 Å². The second-order valence-electron chi connectivity index (χ2n) is 7.04. The Morgan fingerprint density at radius 3 is 3.00 bits per heavy atom. The van der Waals surface area contributed by atoms with Gasteiger partial charge in [-0.1, -0.05) is 35.0 Å². The summed E-state index contributed by atoms with van der Waals surface area (Å²) in [4.78, 5) is 24.1. The van der Waals surface area contributed by atoms with Crippen molar-refractivity contribution in [1.82, 2.24) is 24.6 Å². The largest absolute Gasteiger partial charge is 0.332 e. The number of nitrogens with zero attached hydrogens (tertiary/aromatic N) is 5. The molecule has 7 nitrogen and oxygen atoms in total. The van der Waals surface area contributed by atoms with Crippen molar-refractivity contribution < 1.29 is 9.32 Å². The number of carbonyl (C=O) groups excluding carboxylic acids is 1. The number of benzene rings is 1. The molecule has 0 unspecified atom stereocenters. The lowest BCUT2D eigenvalue weighted by molar-refractivity contribution is 0.0752. The van der Waals surface area contributed by atoms with Gasteiger partial charge in [-0.15, -0.1) is 0 Å². The van der Waals surface area contributed by atoms with Gasteiger partial charge >= 0.3 is 0 Å². The lowest BCUT2D eigenvalue weighted by atomic mass is 10.1. The van der Waals surface area contributed by atoms with Crippen LogP contribution in [0, 0.1) is 0 Å². The number of imidazole rings is 1. The highest BCUT2D eigenvalue weighted by atomic mass is 35.5. The number of amides is 1. The van der Waals surface area contributed by atoms with Gasteiger partial charge in [0.1, 0.15) is 6.33 Å². The van der Waals surface area contributed by atoms with Crippen LogP contribution in [0.5, 0.6) is 0 Å². The van der Waals surface area contributed by atoms with Crippen molar-refractivity contribution in [3.05, 3.63) is 58.8 Å². The van der Waals surface area contributed by atoms with Crippen molar-refractivity contribution in [2.45, 2.75) is 24.8 Å². The first-order valence-corrected chi connectivity index (χ1v) is 9.28. The molecule has 1 amide bonds. The average Bonchev–Trinajstić information content (AvgIpc) is 3.10. The summed E-state index contributed by atoms with van der Waals surface area (Å²) in [5.74, 6) is 1.43. The fourth-order valence-corrected chi connectivity index (χ4v) is 4.12. The Balaban J connectivity index is 1.60. The van der Waals surface area contributed by atoms with Crippen molar-refractivity contribution in [2.75, 3.05) is 6.54 Å². The molecule has 1 aromatic carbocycles. The van der Waals surface area contributed by atoms with E-state index >= 15 is 0 Å². The lowest BCUT2D eigenvalue weighted by Gasteiger charge is -2.22. The molecule has 27 heavy (non-hydrogen) atoms. The molecule has 4 heterocycles. The van der Waals surface area contributed by atoms with Gasteiger partial charge in [0.05, 0.1) is 28.0 Å². The van der Waals surface area contributed by atoms with Crippen LogP contribution in [-0.2, 0) is 0 Å². The van der Waals surface area contributed by atoms with Crippen LogP contribution in [0.3, 0.4) is 0 Å². The third-order valence-corrected chi connectivity index (χ3v) is 5.67. The van der Waals surface area contributed by atoms with Gasteiger partial charge in [-0.05, 0) is 25.0 Å². The van der Waals surface area contributed by atoms with Crippen LogP contribution in [-0.4, -0.2) is 37.0 Å². The minimum atomic E-state index is -0.255. The molecular formula is C19H14ClN5O2. The molecule has 1 atom stereocenters. The summed E-state index contributed by atoms with van der Waals surface area (Å²) in [6.07, 6.45) is 7.88. The SMILES string of the molecule is O=C1c2c(Cl)cccc2-n2cnc(-c3nc(C4CC4)no3)c2[C@H]2C=CCN12. The Kier molecular flexibility index (Phi) is 2.97. The average molecular weight is 380 g/mol. The van der Waals surface area contributed by atoms with E-state index in [4.69, 9.17) is 16.1 Å². The van der Waals surface area contributed by atoms with Crippen LogP contribution in [0.1, 0.15) is 46.7 Å². The van der Waals surface area contributed by atoms with Gasteiger partial charge in [0, 0.05) is 12.5 Å². The molecule has 0 radical (unpaired) electrons. The molecule has 2 aromatic heterocycles. The van der Waals surface area contributed by atoms with E-state index in [1.807, 2.05) is 28.9 Å². The van der Waals surface area contributed by atoms with Gasteiger partial charge in [0.25, 0.3) is 11.8 Å². The number of hydrogen-bond donors (Lipinski definition) is 0. The summed E-state index contributed by atoms with van der Waals surface area (Å²) in [6, 6.07) is 5.19. The smallest absolute Gasteiger partial charge is 0.278 e. The second-order valence-corrected chi connectivity index (χ2v) is 7.45. The summed E-state index contributed by atoms with van der Waals surface area (Å²) >= 11 is 6.39. The summed E-state index contributed by atoms with van der Waals surface area (Å²) in [5, 5.41) is 4.54. The zero-order valence-corrected chi connectivity index (χ0v) is 14.9. The van der Waals surface area contributed by atoms with Gasteiger partial charge in [0.15, 0.2) is 11.5 Å². The normalized spacial score (nSPS) is 20.4. The Bertz CT molecular complexity index is 1130. The zero-order valence-electron chi connectivity index (χ0n) is 14.2. The topological polar surface area (TPSA) is 77.0 Å². The van der Waals surface area contributed by atoms with Gasteiger partial charge < -0.3 is 9.42 Å². The molecule has 1 aliphatic carbocycles. The van der Waals surface area contributed by atoms with Crippen molar-refractivity contribution in [3.8, 4) is 17.3 Å². The van der Waals surface area contributed by atoms with Crippen LogP contribution in [0.2, 0.25) is 5.02 Å². The minimum absolute atomic E-state index is 0.0931. The Labute approximate surface area is 159 Å². The third kappa shape index (κ3) is 2.09. The van der Waals surface area contributed by atoms with E-state index in [1.165, 1.54) is 0 Å². The van der Waals surface area contributed by atoms with Gasteiger partial charge in [0.2, 0.25) is 0 Å². The van der Waals surface area contributed by atoms with Crippen molar-refractivity contribution in [3.63, 3.8) is 0 Å². The molecule has 0 bridgehead atoms. The van der Waals surface area contributed by atoms with Crippen LogP contribution in [0.4, 0.5) is 0 Å². The monoisotopic (exact) mass is 379 g/mol. The molecule has 2 aliphatic heterocycles. The Hall–Kier alpha value is -2.93. The minimum Gasteiger partial charge on any atom is -0.332 e. The maximum atomic E-state index is 13.2. The quantitative estimate of drug-likeness (QED) is 0.637. The summed E-state index contributed by atoms with van der Waals surface area (Å²) in [7, 11) is 0. The highest BCUT2D eigenvalue weighted by Crippen LogP contribution is 2.42. The number of fused-ring (bicyclic) bond motifs is 5. The first-order valence-electron chi connectivity index (χ1n) is 8.90. The van der Waals surface area contributed by atoms with Crippen LogP contribution >= 0.6 is 11.6 Å². The number of carbonyl (C=O) groups is 1. The molecule has 134 valence electrons. The highest BCUT2D eigenvalue weighted by molar-refractivity contribution is 6.34. The second kappa shape index (κ2) is 5.29. The summed E-state index contributed by atoms with van der Waals surface area (Å²) in [6.45, 7) is 0.524. The first-order chi connectivity index (χ1) is 13.2. The first kappa shape index (κ1) is 15.2. The molecule has 0 saturated heterocycles. The fourth-order valence-electron chi connectivity index (χ4n) is 3.87. The number of rotatable bonds is 2. The number of halogens is 1. The highest BCUT2D eigenvalue weighted by Gasteiger charge is 2.39. The molecule has 1 fully saturated rings. The molecule has 0 spiro atoms. The molecular weight excluding hydrogens is 366 g/mol. The van der Waals surface area contributed by atoms with E-state index < -0.39 is 0 Å². The molecule has 0 N–H and O–H groups in total. The zero-order chi connectivity index (χ0) is 18.1. The molecule has 1 saturated carbocycles. The van der Waals surface area contributed by atoms with Crippen molar-refractivity contribution >= 4 is 17.5 Å². The molecule has 8 heteroatoms. The molecule has 6 rings (SSSR count). The van der Waals surface area contributed by atoms with Crippen LogP contribution < -0.4 is 0 Å². The third-order valence-electron chi connectivity index (χ3n) is 5.35. The Morgan fingerprint density at radius 1 is 1.26 bits per heavy atom. The predicted octanol–water partition coefficient (Wildman–Crippen LogP) is 3.52. The van der Waals surface area contributed by atoms with Gasteiger partial charge in [-0.25, -0.2) is 4.98 Å². The van der Waals surface area contributed by atoms with E-state index in [0.29, 0.717) is 40.3 Å². The van der Waals surface area contributed by atoms with Crippen molar-refractivity contribution in [1.29, 1.82) is 0 Å². The summed E-state index contributed by atoms with van der Waals surface area (Å²) < 4.78 is 7.43. The van der Waals surface area contributed by atoms with Crippen molar-refractivity contribution in [2.24, 2.45) is 0 Å². The van der Waals surface area contributed by atoms with E-state index in [0.717, 1.165) is 24.4 Å². The number of hydrogen-bond acceptors (Lipinski definition) is 5. The maximum absolute atomic E-state index is 13.2. The van der Waals surface area contributed by atoms with E-state index in [1.54, 1.807) is 17.3 Å². The van der Waals surface area contributed by atoms with Crippen LogP contribution in [0.15, 0.2) is 41.2 Å². The maximum Gasteiger partial charge on any atom is 0.278 e. The van der Waals surface area contributed by atoms with Gasteiger partial charge in [-0.3, -0.25) is 9.36 Å². The van der Waals surface area contributed by atoms with E-state index in [9.17, 15) is 4.79 Å².